The van der Waals surface area contributed by atoms with Crippen LogP contribution in [0.5, 0.6) is 0 Å². The van der Waals surface area contributed by atoms with Crippen molar-refractivity contribution >= 4 is 33.3 Å². The van der Waals surface area contributed by atoms with Crippen molar-refractivity contribution in [2.24, 2.45) is 0 Å². The van der Waals surface area contributed by atoms with Crippen LogP contribution in [0.15, 0.2) is 34.2 Å². The van der Waals surface area contributed by atoms with Gasteiger partial charge < -0.3 is 9.80 Å². The van der Waals surface area contributed by atoms with E-state index >= 15 is 0 Å². The summed E-state index contributed by atoms with van der Waals surface area (Å²) in [6.07, 6.45) is 0.961. The predicted octanol–water partition coefficient (Wildman–Crippen LogP) is 0.563. The highest BCUT2D eigenvalue weighted by atomic mass is 32.2. The van der Waals surface area contributed by atoms with Crippen molar-refractivity contribution in [3.05, 3.63) is 50.6 Å². The number of nitrogens with one attached hydrogen (secondary N) is 2. The molecule has 3 heterocycles. The molecule has 2 aromatic heterocycles. The number of nitrogens with zero attached hydrogens (tertiary/aromatic N) is 2. The van der Waals surface area contributed by atoms with Gasteiger partial charge in [-0.15, -0.1) is 11.3 Å². The van der Waals surface area contributed by atoms with Crippen molar-refractivity contribution in [1.82, 2.24) is 9.55 Å². The first-order valence-electron chi connectivity index (χ1n) is 9.81. The maximum Gasteiger partial charge on any atom is 0.267 e. The Morgan fingerprint density at radius 1 is 1.36 bits per heavy atom. The molecular formula is C21H28N4OS2+2. The normalized spacial score (nSPS) is 16.7. The van der Waals surface area contributed by atoms with Crippen LogP contribution in [-0.2, 0) is 13.0 Å². The molecule has 0 aliphatic carbocycles. The van der Waals surface area contributed by atoms with Crippen LogP contribution >= 0.6 is 23.1 Å². The molecule has 1 aromatic carbocycles. The Labute approximate surface area is 174 Å². The Hall–Kier alpha value is -1.67. The van der Waals surface area contributed by atoms with Crippen LogP contribution in [0.25, 0.3) is 15.9 Å². The summed E-state index contributed by atoms with van der Waals surface area (Å²) in [6.45, 7) is 5.16. The standard InChI is InChI=1S/C21H26N4OS2/c1-14-6-5-7-15(12-14)25-20(26)18-16-8-9-24(4)13-17(16)28-19(18)22-21(25)27-11-10-23(2)3/h5-7,12H,8-11,13H2,1-4H3/p+2. The van der Waals surface area contributed by atoms with Gasteiger partial charge >= 0.3 is 0 Å². The second-order valence-electron chi connectivity index (χ2n) is 8.00. The molecule has 0 bridgehead atoms. The molecule has 28 heavy (non-hydrogen) atoms. The molecule has 0 spiro atoms. The summed E-state index contributed by atoms with van der Waals surface area (Å²) in [6, 6.07) is 8.17. The van der Waals surface area contributed by atoms with E-state index in [1.54, 1.807) is 23.1 Å². The minimum absolute atomic E-state index is 0.0901. The smallest absolute Gasteiger partial charge is 0.267 e. The molecule has 0 saturated heterocycles. The zero-order valence-corrected chi connectivity index (χ0v) is 18.6. The number of hydrogen-bond donors (Lipinski definition) is 2. The first-order chi connectivity index (χ1) is 13.4. The van der Waals surface area contributed by atoms with Crippen molar-refractivity contribution in [3.63, 3.8) is 0 Å². The van der Waals surface area contributed by atoms with Gasteiger partial charge in [-0.3, -0.25) is 9.36 Å². The van der Waals surface area contributed by atoms with Gasteiger partial charge in [0, 0.05) is 6.42 Å². The van der Waals surface area contributed by atoms with Crippen LogP contribution in [0, 0.1) is 6.92 Å². The van der Waals surface area contributed by atoms with Crippen LogP contribution in [-0.4, -0.2) is 49.5 Å². The summed E-state index contributed by atoms with van der Waals surface area (Å²) >= 11 is 3.40. The Bertz CT molecular complexity index is 1070. The number of hydrogen-bond acceptors (Lipinski definition) is 4. The quantitative estimate of drug-likeness (QED) is 0.472. The second kappa shape index (κ2) is 7.99. The van der Waals surface area contributed by atoms with E-state index in [-0.39, 0.29) is 5.56 Å². The van der Waals surface area contributed by atoms with Gasteiger partial charge in [0.25, 0.3) is 5.56 Å². The summed E-state index contributed by atoms with van der Waals surface area (Å²) < 4.78 is 1.84. The Morgan fingerprint density at radius 3 is 2.93 bits per heavy atom. The van der Waals surface area contributed by atoms with Gasteiger partial charge in [-0.25, -0.2) is 4.98 Å². The molecule has 1 unspecified atom stereocenters. The molecule has 1 aliphatic heterocycles. The maximum atomic E-state index is 13.7. The average molecular weight is 417 g/mol. The second-order valence-corrected chi connectivity index (χ2v) is 10.1. The highest BCUT2D eigenvalue weighted by Gasteiger charge is 2.26. The van der Waals surface area contributed by atoms with E-state index in [9.17, 15) is 4.79 Å². The average Bonchev–Trinajstić information content (AvgIpc) is 2.99. The molecule has 2 N–H and O–H groups in total. The molecule has 7 heteroatoms. The fourth-order valence-electron chi connectivity index (χ4n) is 3.68. The molecule has 4 rings (SSSR count). The van der Waals surface area contributed by atoms with E-state index in [1.807, 2.05) is 16.7 Å². The molecule has 0 saturated carbocycles. The summed E-state index contributed by atoms with van der Waals surface area (Å²) in [5.74, 6) is 0.935. The highest BCUT2D eigenvalue weighted by molar-refractivity contribution is 7.99. The van der Waals surface area contributed by atoms with Gasteiger partial charge in [0.15, 0.2) is 5.16 Å². The summed E-state index contributed by atoms with van der Waals surface area (Å²) in [4.78, 5) is 23.8. The van der Waals surface area contributed by atoms with E-state index in [2.05, 4.69) is 40.2 Å². The van der Waals surface area contributed by atoms with Gasteiger partial charge in [0.2, 0.25) is 0 Å². The van der Waals surface area contributed by atoms with Crippen molar-refractivity contribution in [3.8, 4) is 5.69 Å². The minimum Gasteiger partial charge on any atom is -0.339 e. The van der Waals surface area contributed by atoms with Crippen molar-refractivity contribution in [2.75, 3.05) is 40.0 Å². The molecule has 1 atom stereocenters. The van der Waals surface area contributed by atoms with E-state index in [0.29, 0.717) is 0 Å². The number of benzene rings is 1. The zero-order chi connectivity index (χ0) is 19.8. The van der Waals surface area contributed by atoms with E-state index in [0.717, 1.165) is 58.4 Å². The van der Waals surface area contributed by atoms with Crippen LogP contribution < -0.4 is 15.4 Å². The molecule has 0 radical (unpaired) electrons. The van der Waals surface area contributed by atoms with Crippen LogP contribution in [0.4, 0.5) is 0 Å². The zero-order valence-electron chi connectivity index (χ0n) is 17.0. The number of likely N-dealkylation sites (N-methyl/N-ethyl adjacent to an activating group) is 1. The largest absolute Gasteiger partial charge is 0.339 e. The SMILES string of the molecule is Cc1cccc(-n2c(SCC[NH+](C)C)nc3sc4c(c3c2=O)CC[NH+](C)C4)c1. The third-order valence-electron chi connectivity index (χ3n) is 5.23. The first kappa shape index (κ1) is 19.6. The molecule has 3 aromatic rings. The molecule has 5 nitrogen and oxygen atoms in total. The first-order valence-corrected chi connectivity index (χ1v) is 11.6. The number of aromatic nitrogens is 2. The topological polar surface area (TPSA) is 43.8 Å². The predicted molar refractivity (Wildman–Crippen MR) is 118 cm³/mol. The van der Waals surface area contributed by atoms with Gasteiger partial charge in [-0.2, -0.15) is 0 Å². The van der Waals surface area contributed by atoms with E-state index in [4.69, 9.17) is 4.98 Å². The molecule has 1 aliphatic rings. The molecule has 148 valence electrons. The number of rotatable bonds is 5. The lowest BCUT2D eigenvalue weighted by Gasteiger charge is -2.19. The number of quaternary nitrogens is 2. The van der Waals surface area contributed by atoms with Gasteiger partial charge in [-0.05, 0) is 30.2 Å². The monoisotopic (exact) mass is 416 g/mol. The molecule has 0 amide bonds. The fraction of sp³-hybridized carbons (Fsp3) is 0.429. The summed E-state index contributed by atoms with van der Waals surface area (Å²) in [5.41, 5.74) is 3.39. The number of aryl methyl sites for hydroxylation is 1. The fourth-order valence-corrected chi connectivity index (χ4v) is 6.23. The van der Waals surface area contributed by atoms with E-state index in [1.165, 1.54) is 20.2 Å². The Kier molecular flexibility index (Phi) is 5.60. The van der Waals surface area contributed by atoms with Crippen LogP contribution in [0.1, 0.15) is 16.0 Å². The minimum atomic E-state index is 0.0901. The highest BCUT2D eigenvalue weighted by Crippen LogP contribution is 2.31. The van der Waals surface area contributed by atoms with Crippen LogP contribution in [0.2, 0.25) is 0 Å². The Balaban J connectivity index is 1.90. The van der Waals surface area contributed by atoms with Crippen molar-refractivity contribution < 1.29 is 9.80 Å². The van der Waals surface area contributed by atoms with Gasteiger partial charge in [0.1, 0.15) is 11.4 Å². The number of thiophene rings is 1. The summed E-state index contributed by atoms with van der Waals surface area (Å²) in [5, 5.41) is 1.65. The van der Waals surface area contributed by atoms with Crippen molar-refractivity contribution in [1.29, 1.82) is 0 Å². The lowest BCUT2D eigenvalue weighted by atomic mass is 10.1. The third kappa shape index (κ3) is 3.76. The number of thioether (sulfide) groups is 1. The van der Waals surface area contributed by atoms with Crippen LogP contribution in [0.3, 0.4) is 0 Å². The molecule has 0 fully saturated rings. The van der Waals surface area contributed by atoms with E-state index < -0.39 is 0 Å². The number of fused-ring (bicyclic) bond motifs is 3. The lowest BCUT2D eigenvalue weighted by Crippen LogP contribution is -3.08. The Morgan fingerprint density at radius 2 is 2.18 bits per heavy atom. The lowest BCUT2D eigenvalue weighted by molar-refractivity contribution is -0.895. The maximum absolute atomic E-state index is 13.7. The van der Waals surface area contributed by atoms with Gasteiger partial charge in [-0.1, -0.05) is 23.9 Å². The molecular weight excluding hydrogens is 388 g/mol. The third-order valence-corrected chi connectivity index (χ3v) is 7.30. The van der Waals surface area contributed by atoms with Crippen molar-refractivity contribution in [2.45, 2.75) is 25.0 Å². The summed E-state index contributed by atoms with van der Waals surface area (Å²) in [7, 11) is 6.52. The van der Waals surface area contributed by atoms with Gasteiger partial charge in [0.05, 0.1) is 55.9 Å².